The fourth-order valence-corrected chi connectivity index (χ4v) is 1.88. The van der Waals surface area contributed by atoms with E-state index in [9.17, 15) is 13.2 Å². The minimum atomic E-state index is -4.76. The molecule has 2 rings (SSSR count). The van der Waals surface area contributed by atoms with Crippen LogP contribution in [0.25, 0.3) is 0 Å². The molecule has 20 heavy (non-hydrogen) atoms. The molecule has 0 aliphatic carbocycles. The molecule has 106 valence electrons. The van der Waals surface area contributed by atoms with Crippen molar-refractivity contribution in [2.24, 2.45) is 0 Å². The van der Waals surface area contributed by atoms with Crippen LogP contribution < -0.4 is 9.47 Å². The predicted molar refractivity (Wildman–Crippen MR) is 71.6 cm³/mol. The summed E-state index contributed by atoms with van der Waals surface area (Å²) >= 11 is 3.10. The van der Waals surface area contributed by atoms with E-state index in [2.05, 4.69) is 20.7 Å². The van der Waals surface area contributed by atoms with Gasteiger partial charge in [-0.2, -0.15) is 0 Å². The zero-order valence-electron chi connectivity index (χ0n) is 10.2. The maximum atomic E-state index is 12.3. The number of benzene rings is 2. The molecule has 0 aliphatic rings. The van der Waals surface area contributed by atoms with Crippen molar-refractivity contribution in [3.8, 4) is 11.5 Å². The van der Waals surface area contributed by atoms with Crippen LogP contribution >= 0.6 is 15.9 Å². The SMILES string of the molecule is FC(F)(F)Oc1cc(Br)ccc1OCc1ccccc1. The van der Waals surface area contributed by atoms with E-state index in [1.807, 2.05) is 30.3 Å². The predicted octanol–water partition coefficient (Wildman–Crippen LogP) is 4.93. The molecule has 0 heterocycles. The monoisotopic (exact) mass is 346 g/mol. The maximum Gasteiger partial charge on any atom is 0.573 e. The van der Waals surface area contributed by atoms with Gasteiger partial charge in [-0.3, -0.25) is 0 Å². The van der Waals surface area contributed by atoms with Gasteiger partial charge < -0.3 is 9.47 Å². The van der Waals surface area contributed by atoms with Gasteiger partial charge in [-0.05, 0) is 23.8 Å². The van der Waals surface area contributed by atoms with Crippen molar-refractivity contribution >= 4 is 15.9 Å². The lowest BCUT2D eigenvalue weighted by atomic mass is 10.2. The molecule has 2 nitrogen and oxygen atoms in total. The Morgan fingerprint density at radius 1 is 0.950 bits per heavy atom. The van der Waals surface area contributed by atoms with Crippen LogP contribution in [0.1, 0.15) is 5.56 Å². The zero-order valence-corrected chi connectivity index (χ0v) is 11.7. The largest absolute Gasteiger partial charge is 0.573 e. The van der Waals surface area contributed by atoms with Crippen molar-refractivity contribution in [1.29, 1.82) is 0 Å². The smallest absolute Gasteiger partial charge is 0.485 e. The van der Waals surface area contributed by atoms with Gasteiger partial charge in [-0.15, -0.1) is 13.2 Å². The molecule has 0 N–H and O–H groups in total. The van der Waals surface area contributed by atoms with Gasteiger partial charge >= 0.3 is 6.36 Å². The Morgan fingerprint density at radius 3 is 2.30 bits per heavy atom. The van der Waals surface area contributed by atoms with Crippen molar-refractivity contribution in [2.75, 3.05) is 0 Å². The van der Waals surface area contributed by atoms with Gasteiger partial charge in [-0.25, -0.2) is 0 Å². The Labute approximate surface area is 122 Å². The van der Waals surface area contributed by atoms with E-state index >= 15 is 0 Å². The molecular weight excluding hydrogens is 337 g/mol. The Bertz CT molecular complexity index is 570. The molecule has 0 radical (unpaired) electrons. The number of ether oxygens (including phenoxy) is 2. The number of halogens is 4. The molecule has 6 heteroatoms. The van der Waals surface area contributed by atoms with Crippen molar-refractivity contribution in [1.82, 2.24) is 0 Å². The molecule has 2 aromatic carbocycles. The second-order valence-corrected chi connectivity index (χ2v) is 4.83. The van der Waals surface area contributed by atoms with Crippen molar-refractivity contribution < 1.29 is 22.6 Å². The first-order valence-electron chi connectivity index (χ1n) is 5.66. The van der Waals surface area contributed by atoms with E-state index < -0.39 is 6.36 Å². The highest BCUT2D eigenvalue weighted by molar-refractivity contribution is 9.10. The molecule has 0 unspecified atom stereocenters. The average Bonchev–Trinajstić information content (AvgIpc) is 2.37. The third-order valence-corrected chi connectivity index (χ3v) is 2.86. The summed E-state index contributed by atoms with van der Waals surface area (Å²) in [6, 6.07) is 13.4. The molecule has 0 saturated carbocycles. The summed E-state index contributed by atoms with van der Waals surface area (Å²) in [7, 11) is 0. The van der Waals surface area contributed by atoms with Crippen LogP contribution in [0.3, 0.4) is 0 Å². The molecular formula is C14H10BrF3O2. The number of rotatable bonds is 4. The normalized spacial score (nSPS) is 11.2. The van der Waals surface area contributed by atoms with E-state index in [4.69, 9.17) is 4.74 Å². The van der Waals surface area contributed by atoms with Crippen LogP contribution in [0.15, 0.2) is 53.0 Å². The van der Waals surface area contributed by atoms with Gasteiger partial charge in [0.15, 0.2) is 11.5 Å². The maximum absolute atomic E-state index is 12.3. The number of hydrogen-bond acceptors (Lipinski definition) is 2. The highest BCUT2D eigenvalue weighted by atomic mass is 79.9. The molecule has 0 amide bonds. The van der Waals surface area contributed by atoms with Crippen molar-refractivity contribution in [2.45, 2.75) is 13.0 Å². The van der Waals surface area contributed by atoms with E-state index in [-0.39, 0.29) is 18.1 Å². The van der Waals surface area contributed by atoms with Gasteiger partial charge in [-0.1, -0.05) is 46.3 Å². The summed E-state index contributed by atoms with van der Waals surface area (Å²) in [6.07, 6.45) is -4.76. The molecule has 0 spiro atoms. The van der Waals surface area contributed by atoms with Crippen molar-refractivity contribution in [3.05, 3.63) is 58.6 Å². The number of hydrogen-bond donors (Lipinski definition) is 0. The van der Waals surface area contributed by atoms with Gasteiger partial charge in [0.2, 0.25) is 0 Å². The van der Waals surface area contributed by atoms with Gasteiger partial charge in [0, 0.05) is 4.47 Å². The first-order valence-corrected chi connectivity index (χ1v) is 6.45. The molecule has 0 aromatic heterocycles. The summed E-state index contributed by atoms with van der Waals surface area (Å²) < 4.78 is 46.8. The molecule has 0 fully saturated rings. The lowest BCUT2D eigenvalue weighted by molar-refractivity contribution is -0.275. The minimum Gasteiger partial charge on any atom is -0.485 e. The minimum absolute atomic E-state index is 0.0365. The molecule has 0 saturated heterocycles. The van der Waals surface area contributed by atoms with E-state index in [1.54, 1.807) is 6.07 Å². The molecule has 0 aliphatic heterocycles. The third kappa shape index (κ3) is 4.45. The lowest BCUT2D eigenvalue weighted by Gasteiger charge is -2.14. The molecule has 2 aromatic rings. The highest BCUT2D eigenvalue weighted by Crippen LogP contribution is 2.35. The summed E-state index contributed by atoms with van der Waals surface area (Å²) in [6.45, 7) is 0.163. The molecule has 0 bridgehead atoms. The van der Waals surface area contributed by atoms with Crippen molar-refractivity contribution in [3.63, 3.8) is 0 Å². The third-order valence-electron chi connectivity index (χ3n) is 2.37. The Morgan fingerprint density at radius 2 is 1.65 bits per heavy atom. The van der Waals surface area contributed by atoms with Crippen LogP contribution in [0, 0.1) is 0 Å². The van der Waals surface area contributed by atoms with Crippen LogP contribution in [0.4, 0.5) is 13.2 Å². The Balaban J connectivity index is 2.14. The average molecular weight is 347 g/mol. The Kier molecular flexibility index (Phi) is 4.54. The first-order chi connectivity index (χ1) is 9.44. The summed E-state index contributed by atoms with van der Waals surface area (Å²) in [5, 5.41) is 0. The standard InChI is InChI=1S/C14H10BrF3O2/c15-11-6-7-12(13(8-11)20-14(16,17)18)19-9-10-4-2-1-3-5-10/h1-8H,9H2. The highest BCUT2D eigenvalue weighted by Gasteiger charge is 2.32. The fraction of sp³-hybridized carbons (Fsp3) is 0.143. The zero-order chi connectivity index (χ0) is 14.6. The van der Waals surface area contributed by atoms with Crippen LogP contribution in [-0.4, -0.2) is 6.36 Å². The summed E-state index contributed by atoms with van der Waals surface area (Å²) in [4.78, 5) is 0. The van der Waals surface area contributed by atoms with Crippen LogP contribution in [0.5, 0.6) is 11.5 Å². The second kappa shape index (κ2) is 6.17. The summed E-state index contributed by atoms with van der Waals surface area (Å²) in [5.41, 5.74) is 0.855. The lowest BCUT2D eigenvalue weighted by Crippen LogP contribution is -2.17. The topological polar surface area (TPSA) is 18.5 Å². The quantitative estimate of drug-likeness (QED) is 0.781. The van der Waals surface area contributed by atoms with E-state index in [0.29, 0.717) is 4.47 Å². The summed E-state index contributed by atoms with van der Waals surface area (Å²) in [5.74, 6) is -0.336. The second-order valence-electron chi connectivity index (χ2n) is 3.91. The number of alkyl halides is 3. The van der Waals surface area contributed by atoms with Gasteiger partial charge in [0.25, 0.3) is 0 Å². The van der Waals surface area contributed by atoms with Gasteiger partial charge in [0.05, 0.1) is 0 Å². The Hall–Kier alpha value is -1.69. The van der Waals surface area contributed by atoms with Crippen LogP contribution in [0.2, 0.25) is 0 Å². The molecule has 0 atom stereocenters. The van der Waals surface area contributed by atoms with Crippen LogP contribution in [-0.2, 0) is 6.61 Å². The fourth-order valence-electron chi connectivity index (χ4n) is 1.54. The van der Waals surface area contributed by atoms with Gasteiger partial charge in [0.1, 0.15) is 6.61 Å². The first kappa shape index (κ1) is 14.7. The van der Waals surface area contributed by atoms with E-state index in [0.717, 1.165) is 5.56 Å². The van der Waals surface area contributed by atoms with E-state index in [1.165, 1.54) is 12.1 Å².